The fraction of sp³-hybridized carbons (Fsp3) is 0.273. The van der Waals surface area contributed by atoms with Gasteiger partial charge in [0.2, 0.25) is 0 Å². The largest absolute Gasteiger partial charge is 0.361 e. The lowest BCUT2D eigenvalue weighted by Crippen LogP contribution is -2.18. The highest BCUT2D eigenvalue weighted by Gasteiger charge is 2.17. The molecule has 7 nitrogen and oxygen atoms in total. The molecule has 94 valence electrons. The van der Waals surface area contributed by atoms with Crippen LogP contribution in [-0.2, 0) is 0 Å². The van der Waals surface area contributed by atoms with Crippen molar-refractivity contribution in [1.82, 2.24) is 15.3 Å². The molecule has 2 heterocycles. The molecule has 0 unspecified atom stereocenters. The summed E-state index contributed by atoms with van der Waals surface area (Å²) in [6.45, 7) is 1.65. The maximum absolute atomic E-state index is 12.0. The van der Waals surface area contributed by atoms with Crippen LogP contribution in [0.25, 0.3) is 0 Å². The van der Waals surface area contributed by atoms with E-state index < -0.39 is 0 Å². The van der Waals surface area contributed by atoms with E-state index >= 15 is 0 Å². The molecule has 2 aromatic heterocycles. The van der Waals surface area contributed by atoms with Gasteiger partial charge in [-0.2, -0.15) is 0 Å². The molecule has 0 saturated heterocycles. The quantitative estimate of drug-likeness (QED) is 0.874. The van der Waals surface area contributed by atoms with Gasteiger partial charge in [-0.25, -0.2) is 9.61 Å². The van der Waals surface area contributed by atoms with Gasteiger partial charge in [-0.3, -0.25) is 4.79 Å². The summed E-state index contributed by atoms with van der Waals surface area (Å²) in [6.07, 6.45) is 1.66. The highest BCUT2D eigenvalue weighted by molar-refractivity contribution is 6.04. The molecule has 7 heteroatoms. The first-order chi connectivity index (χ1) is 8.59. The second kappa shape index (κ2) is 4.82. The first-order valence-electron chi connectivity index (χ1n) is 5.32. The topological polar surface area (TPSA) is 84.1 Å². The standard InChI is InChI=1S/C11H13N5O2/c1-7-9(15-18-14-7)11(17)13-8-5-4-6-12-10(8)16(2)3/h4-6H,1-3H3,(H,13,17). The lowest BCUT2D eigenvalue weighted by Gasteiger charge is -2.15. The first-order valence-corrected chi connectivity index (χ1v) is 5.32. The molecule has 0 aliphatic heterocycles. The average molecular weight is 247 g/mol. The Morgan fingerprint density at radius 2 is 2.17 bits per heavy atom. The summed E-state index contributed by atoms with van der Waals surface area (Å²) in [4.78, 5) is 17.9. The summed E-state index contributed by atoms with van der Waals surface area (Å²) in [5, 5.41) is 9.85. The summed E-state index contributed by atoms with van der Waals surface area (Å²) >= 11 is 0. The van der Waals surface area contributed by atoms with Crippen LogP contribution >= 0.6 is 0 Å². The van der Waals surface area contributed by atoms with Crippen molar-refractivity contribution in [1.29, 1.82) is 0 Å². The summed E-state index contributed by atoms with van der Waals surface area (Å²) < 4.78 is 4.49. The smallest absolute Gasteiger partial charge is 0.279 e. The van der Waals surface area contributed by atoms with Gasteiger partial charge in [-0.05, 0) is 24.2 Å². The van der Waals surface area contributed by atoms with Crippen LogP contribution < -0.4 is 10.2 Å². The van der Waals surface area contributed by atoms with Crippen molar-refractivity contribution in [3.05, 3.63) is 29.7 Å². The van der Waals surface area contributed by atoms with E-state index in [0.717, 1.165) is 0 Å². The summed E-state index contributed by atoms with van der Waals surface area (Å²) in [5.41, 5.74) is 1.22. The van der Waals surface area contributed by atoms with Gasteiger partial charge in [0, 0.05) is 20.3 Å². The first kappa shape index (κ1) is 12.0. The molecule has 0 aliphatic rings. The number of carbonyl (C=O) groups excluding carboxylic acids is 1. The lowest BCUT2D eigenvalue weighted by molar-refractivity contribution is 0.101. The summed E-state index contributed by atoms with van der Waals surface area (Å²) in [5.74, 6) is 0.296. The van der Waals surface area contributed by atoms with Crippen LogP contribution in [0.2, 0.25) is 0 Å². The van der Waals surface area contributed by atoms with E-state index in [1.54, 1.807) is 25.3 Å². The fourth-order valence-corrected chi connectivity index (χ4v) is 1.47. The van der Waals surface area contributed by atoms with Gasteiger partial charge in [0.15, 0.2) is 11.5 Å². The van der Waals surface area contributed by atoms with Crippen LogP contribution in [0.1, 0.15) is 16.2 Å². The van der Waals surface area contributed by atoms with Crippen LogP contribution in [0.15, 0.2) is 23.0 Å². The third kappa shape index (κ3) is 2.29. The van der Waals surface area contributed by atoms with Gasteiger partial charge in [0.25, 0.3) is 5.91 Å². The van der Waals surface area contributed by atoms with E-state index in [0.29, 0.717) is 17.2 Å². The van der Waals surface area contributed by atoms with E-state index in [-0.39, 0.29) is 11.6 Å². The zero-order chi connectivity index (χ0) is 13.1. The molecule has 0 radical (unpaired) electrons. The molecule has 0 aliphatic carbocycles. The van der Waals surface area contributed by atoms with Crippen molar-refractivity contribution in [3.63, 3.8) is 0 Å². The van der Waals surface area contributed by atoms with Crippen molar-refractivity contribution in [2.45, 2.75) is 6.92 Å². The third-order valence-electron chi connectivity index (χ3n) is 2.33. The maximum Gasteiger partial charge on any atom is 0.279 e. The molecule has 1 N–H and O–H groups in total. The Morgan fingerprint density at radius 3 is 2.78 bits per heavy atom. The highest BCUT2D eigenvalue weighted by Crippen LogP contribution is 2.21. The predicted octanol–water partition coefficient (Wildman–Crippen LogP) is 1.09. The Hall–Kier alpha value is -2.44. The van der Waals surface area contributed by atoms with Crippen molar-refractivity contribution in [2.75, 3.05) is 24.3 Å². The molecule has 0 atom stereocenters. The van der Waals surface area contributed by atoms with Gasteiger partial charge in [0.05, 0.1) is 5.69 Å². The van der Waals surface area contributed by atoms with Gasteiger partial charge >= 0.3 is 0 Å². The van der Waals surface area contributed by atoms with Gasteiger partial charge in [-0.1, -0.05) is 5.16 Å². The molecular formula is C11H13N5O2. The third-order valence-corrected chi connectivity index (χ3v) is 2.33. The monoisotopic (exact) mass is 247 g/mol. The van der Waals surface area contributed by atoms with Crippen LogP contribution in [0, 0.1) is 6.92 Å². The summed E-state index contributed by atoms with van der Waals surface area (Å²) in [6, 6.07) is 3.51. The fourth-order valence-electron chi connectivity index (χ4n) is 1.47. The number of hydrogen-bond acceptors (Lipinski definition) is 6. The SMILES string of the molecule is Cc1nonc1C(=O)Nc1cccnc1N(C)C. The van der Waals surface area contributed by atoms with Crippen LogP contribution in [0.5, 0.6) is 0 Å². The number of nitrogens with zero attached hydrogens (tertiary/aromatic N) is 4. The summed E-state index contributed by atoms with van der Waals surface area (Å²) in [7, 11) is 3.70. The van der Waals surface area contributed by atoms with Crippen molar-refractivity contribution < 1.29 is 9.42 Å². The highest BCUT2D eigenvalue weighted by atomic mass is 16.6. The van der Waals surface area contributed by atoms with Crippen molar-refractivity contribution in [3.8, 4) is 0 Å². The van der Waals surface area contributed by atoms with Crippen LogP contribution in [0.4, 0.5) is 11.5 Å². The second-order valence-corrected chi connectivity index (χ2v) is 3.92. The van der Waals surface area contributed by atoms with Crippen LogP contribution in [0.3, 0.4) is 0 Å². The molecule has 0 saturated carbocycles. The number of pyridine rings is 1. The minimum Gasteiger partial charge on any atom is -0.361 e. The van der Waals surface area contributed by atoms with E-state index in [1.807, 2.05) is 19.0 Å². The Labute approximate surface area is 104 Å². The minimum atomic E-state index is -0.371. The van der Waals surface area contributed by atoms with Crippen LogP contribution in [-0.4, -0.2) is 35.3 Å². The lowest BCUT2D eigenvalue weighted by atomic mass is 10.3. The normalized spacial score (nSPS) is 10.2. The number of anilines is 2. The molecular weight excluding hydrogens is 234 g/mol. The molecule has 1 amide bonds. The van der Waals surface area contributed by atoms with E-state index in [1.165, 1.54) is 0 Å². The number of nitrogens with one attached hydrogen (secondary N) is 1. The maximum atomic E-state index is 12.0. The van der Waals surface area contributed by atoms with Crippen molar-refractivity contribution in [2.24, 2.45) is 0 Å². The number of carbonyl (C=O) groups is 1. The Bertz CT molecular complexity index is 564. The Kier molecular flexibility index (Phi) is 3.22. The number of rotatable bonds is 3. The molecule has 0 aromatic carbocycles. The number of aromatic nitrogens is 3. The Morgan fingerprint density at radius 1 is 1.39 bits per heavy atom. The number of amides is 1. The molecule has 2 aromatic rings. The van der Waals surface area contributed by atoms with Gasteiger partial charge in [0.1, 0.15) is 5.69 Å². The average Bonchev–Trinajstić information content (AvgIpc) is 2.76. The number of aryl methyl sites for hydroxylation is 1. The van der Waals surface area contributed by atoms with Crippen molar-refractivity contribution >= 4 is 17.4 Å². The minimum absolute atomic E-state index is 0.170. The molecule has 0 spiro atoms. The molecule has 18 heavy (non-hydrogen) atoms. The molecule has 0 bridgehead atoms. The second-order valence-electron chi connectivity index (χ2n) is 3.92. The molecule has 0 fully saturated rings. The predicted molar refractivity (Wildman–Crippen MR) is 65.6 cm³/mol. The van der Waals surface area contributed by atoms with Gasteiger partial charge in [-0.15, -0.1) is 0 Å². The van der Waals surface area contributed by atoms with Gasteiger partial charge < -0.3 is 10.2 Å². The zero-order valence-corrected chi connectivity index (χ0v) is 10.3. The zero-order valence-electron chi connectivity index (χ0n) is 10.3. The van der Waals surface area contributed by atoms with E-state index in [2.05, 4.69) is 25.2 Å². The molecule has 2 rings (SSSR count). The van der Waals surface area contributed by atoms with E-state index in [9.17, 15) is 4.79 Å². The Balaban J connectivity index is 2.25. The number of hydrogen-bond donors (Lipinski definition) is 1. The van der Waals surface area contributed by atoms with E-state index in [4.69, 9.17) is 0 Å².